The van der Waals surface area contributed by atoms with Crippen molar-refractivity contribution in [2.75, 3.05) is 0 Å². The van der Waals surface area contributed by atoms with E-state index in [1.165, 1.54) is 44.1 Å². The van der Waals surface area contributed by atoms with Crippen molar-refractivity contribution in [3.8, 4) is 6.07 Å². The Morgan fingerprint density at radius 1 is 1.27 bits per heavy atom. The lowest BCUT2D eigenvalue weighted by atomic mass is 9.76. The van der Waals surface area contributed by atoms with E-state index in [2.05, 4.69) is 19.1 Å². The normalized spacial score (nSPS) is 30.6. The van der Waals surface area contributed by atoms with Gasteiger partial charge >= 0.3 is 0 Å². The predicted molar refractivity (Wildman–Crippen MR) is 88.1 cm³/mol. The minimum Gasteiger partial charge on any atom is -0.222 e. The summed E-state index contributed by atoms with van der Waals surface area (Å²) in [5.41, 5.74) is 0.909. The van der Waals surface area contributed by atoms with Gasteiger partial charge in [-0.3, -0.25) is 0 Å². The van der Waals surface area contributed by atoms with E-state index in [0.717, 1.165) is 11.5 Å². The van der Waals surface area contributed by atoms with Crippen LogP contribution < -0.4 is 0 Å². The van der Waals surface area contributed by atoms with Gasteiger partial charge in [0.05, 0.1) is 0 Å². The van der Waals surface area contributed by atoms with Gasteiger partial charge in [-0.15, -0.1) is 0 Å². The monoisotopic (exact) mass is 297 g/mol. The van der Waals surface area contributed by atoms with Gasteiger partial charge in [0.1, 0.15) is 6.07 Å². The van der Waals surface area contributed by atoms with Crippen molar-refractivity contribution >= 4 is 6.08 Å². The summed E-state index contributed by atoms with van der Waals surface area (Å²) in [6.45, 7) is 2.26. The van der Waals surface area contributed by atoms with E-state index < -0.39 is 5.67 Å². The van der Waals surface area contributed by atoms with Crippen molar-refractivity contribution < 1.29 is 4.39 Å². The van der Waals surface area contributed by atoms with E-state index in [4.69, 9.17) is 5.26 Å². The number of fused-ring (bicyclic) bond motifs is 1. The van der Waals surface area contributed by atoms with Crippen molar-refractivity contribution in [3.63, 3.8) is 0 Å². The summed E-state index contributed by atoms with van der Waals surface area (Å²) in [5.74, 6) is 1.50. The second-order valence-electron chi connectivity index (χ2n) is 6.87. The molecule has 22 heavy (non-hydrogen) atoms. The number of benzene rings is 1. The molecule has 1 saturated carbocycles. The molecule has 0 heterocycles. The highest BCUT2D eigenvalue weighted by molar-refractivity contribution is 5.61. The van der Waals surface area contributed by atoms with E-state index in [9.17, 15) is 4.39 Å². The zero-order valence-corrected chi connectivity index (χ0v) is 13.3. The standard InChI is InChI=1S/C20H24FN/c1-2-4-15-6-8-16(9-7-15)17-10-11-19-18(13-17)5-3-12-20(19,21)14-22/h3,5,10-11,13,15-16H,2,4,6-9,12H2,1H3. The van der Waals surface area contributed by atoms with Crippen LogP contribution in [0.15, 0.2) is 24.3 Å². The van der Waals surface area contributed by atoms with Crippen LogP contribution in [0.1, 0.15) is 74.5 Å². The largest absolute Gasteiger partial charge is 0.225 e. The summed E-state index contributed by atoms with van der Waals surface area (Å²) in [4.78, 5) is 0. The van der Waals surface area contributed by atoms with Crippen LogP contribution in [0.4, 0.5) is 4.39 Å². The molecule has 2 aliphatic carbocycles. The van der Waals surface area contributed by atoms with Crippen LogP contribution in [0.3, 0.4) is 0 Å². The molecule has 1 aromatic carbocycles. The summed E-state index contributed by atoms with van der Waals surface area (Å²) < 4.78 is 14.6. The minimum atomic E-state index is -1.85. The lowest BCUT2D eigenvalue weighted by Gasteiger charge is -2.30. The summed E-state index contributed by atoms with van der Waals surface area (Å²) >= 11 is 0. The van der Waals surface area contributed by atoms with Crippen molar-refractivity contribution in [1.29, 1.82) is 5.26 Å². The van der Waals surface area contributed by atoms with Crippen molar-refractivity contribution in [2.24, 2.45) is 5.92 Å². The first-order chi connectivity index (χ1) is 10.7. The van der Waals surface area contributed by atoms with Crippen molar-refractivity contribution in [1.82, 2.24) is 0 Å². The third kappa shape index (κ3) is 2.82. The number of hydrogen-bond acceptors (Lipinski definition) is 1. The van der Waals surface area contributed by atoms with Crippen LogP contribution in [-0.4, -0.2) is 0 Å². The highest BCUT2D eigenvalue weighted by atomic mass is 19.1. The quantitative estimate of drug-likeness (QED) is 0.685. The van der Waals surface area contributed by atoms with Crippen LogP contribution in [0.25, 0.3) is 6.08 Å². The zero-order valence-electron chi connectivity index (χ0n) is 13.3. The molecule has 3 rings (SSSR count). The Balaban J connectivity index is 1.78. The fraction of sp³-hybridized carbons (Fsp3) is 0.550. The summed E-state index contributed by atoms with van der Waals surface area (Å²) in [5, 5.41) is 9.14. The third-order valence-corrected chi connectivity index (χ3v) is 5.39. The minimum absolute atomic E-state index is 0.165. The number of allylic oxidation sites excluding steroid dienone is 1. The summed E-state index contributed by atoms with van der Waals surface area (Å²) in [6.07, 6.45) is 11.7. The van der Waals surface area contributed by atoms with Crippen LogP contribution in [0.2, 0.25) is 0 Å². The van der Waals surface area contributed by atoms with Gasteiger partial charge in [-0.25, -0.2) is 4.39 Å². The maximum Gasteiger partial charge on any atom is 0.225 e. The SMILES string of the molecule is CCCC1CCC(c2ccc3c(c2)C=CCC3(F)C#N)CC1. The second kappa shape index (κ2) is 6.24. The van der Waals surface area contributed by atoms with Crippen molar-refractivity contribution in [2.45, 2.75) is 63.5 Å². The van der Waals surface area contributed by atoms with Gasteiger partial charge < -0.3 is 0 Å². The van der Waals surface area contributed by atoms with E-state index >= 15 is 0 Å². The van der Waals surface area contributed by atoms with E-state index in [0.29, 0.717) is 11.5 Å². The molecule has 1 fully saturated rings. The smallest absolute Gasteiger partial charge is 0.222 e. The van der Waals surface area contributed by atoms with Gasteiger partial charge in [-0.05, 0) is 48.6 Å². The molecule has 1 aromatic rings. The molecule has 1 nitrogen and oxygen atoms in total. The Kier molecular flexibility index (Phi) is 4.34. The third-order valence-electron chi connectivity index (χ3n) is 5.39. The first kappa shape index (κ1) is 15.3. The molecule has 0 saturated heterocycles. The maximum atomic E-state index is 14.6. The molecular weight excluding hydrogens is 273 g/mol. The molecule has 0 amide bonds. The van der Waals surface area contributed by atoms with E-state index in [1.807, 2.05) is 18.2 Å². The molecular formula is C20H24FN. The molecule has 1 atom stereocenters. The Morgan fingerprint density at radius 3 is 2.73 bits per heavy atom. The fourth-order valence-electron chi connectivity index (χ4n) is 4.09. The highest BCUT2D eigenvalue weighted by Gasteiger charge is 2.35. The van der Waals surface area contributed by atoms with Crippen LogP contribution >= 0.6 is 0 Å². The lowest BCUT2D eigenvalue weighted by Crippen LogP contribution is -2.21. The number of halogens is 1. The number of nitrogens with zero attached hydrogens (tertiary/aromatic N) is 1. The number of hydrogen-bond donors (Lipinski definition) is 0. The predicted octanol–water partition coefficient (Wildman–Crippen LogP) is 5.87. The first-order valence-electron chi connectivity index (χ1n) is 8.57. The second-order valence-corrected chi connectivity index (χ2v) is 6.87. The highest BCUT2D eigenvalue weighted by Crippen LogP contribution is 2.41. The van der Waals surface area contributed by atoms with Gasteiger partial charge in [0, 0.05) is 12.0 Å². The fourth-order valence-corrected chi connectivity index (χ4v) is 4.09. The molecule has 0 spiro atoms. The molecule has 0 N–H and O–H groups in total. The topological polar surface area (TPSA) is 23.8 Å². The Bertz CT molecular complexity index is 605. The number of rotatable bonds is 3. The Morgan fingerprint density at radius 2 is 2.05 bits per heavy atom. The zero-order chi connectivity index (χ0) is 15.6. The van der Waals surface area contributed by atoms with Crippen LogP contribution in [0.5, 0.6) is 0 Å². The van der Waals surface area contributed by atoms with Crippen LogP contribution in [0, 0.1) is 17.2 Å². The molecule has 2 aliphatic rings. The molecule has 2 heteroatoms. The average molecular weight is 297 g/mol. The van der Waals surface area contributed by atoms with Gasteiger partial charge in [0.25, 0.3) is 0 Å². The van der Waals surface area contributed by atoms with E-state index in [1.54, 1.807) is 6.08 Å². The molecule has 0 aromatic heterocycles. The first-order valence-corrected chi connectivity index (χ1v) is 8.57. The van der Waals surface area contributed by atoms with Gasteiger partial charge in [0.15, 0.2) is 0 Å². The van der Waals surface area contributed by atoms with Gasteiger partial charge in [-0.2, -0.15) is 5.26 Å². The molecule has 1 unspecified atom stereocenters. The average Bonchev–Trinajstić information content (AvgIpc) is 2.56. The number of nitriles is 1. The van der Waals surface area contributed by atoms with Gasteiger partial charge in [-0.1, -0.05) is 50.1 Å². The number of alkyl halides is 1. The maximum absolute atomic E-state index is 14.6. The van der Waals surface area contributed by atoms with Gasteiger partial charge in [0.2, 0.25) is 5.67 Å². The molecule has 116 valence electrons. The van der Waals surface area contributed by atoms with E-state index in [-0.39, 0.29) is 6.42 Å². The van der Waals surface area contributed by atoms with Crippen molar-refractivity contribution in [3.05, 3.63) is 41.0 Å². The molecule has 0 aliphatic heterocycles. The summed E-state index contributed by atoms with van der Waals surface area (Å²) in [6, 6.07) is 7.84. The molecule has 0 bridgehead atoms. The lowest BCUT2D eigenvalue weighted by molar-refractivity contribution is 0.246. The Labute approximate surface area is 132 Å². The van der Waals surface area contributed by atoms with Crippen LogP contribution in [-0.2, 0) is 5.67 Å². The molecule has 0 radical (unpaired) electrons. The Hall–Kier alpha value is -1.62. The summed E-state index contributed by atoms with van der Waals surface area (Å²) in [7, 11) is 0.